The van der Waals surface area contributed by atoms with Crippen LogP contribution in [-0.2, 0) is 19.1 Å². The van der Waals surface area contributed by atoms with Gasteiger partial charge in [-0.15, -0.1) is 0 Å². The lowest BCUT2D eigenvalue weighted by molar-refractivity contribution is -0.168. The van der Waals surface area contributed by atoms with Gasteiger partial charge in [0.15, 0.2) is 0 Å². The van der Waals surface area contributed by atoms with Crippen LogP contribution >= 0.6 is 8.00 Å². The zero-order chi connectivity index (χ0) is 16.8. The summed E-state index contributed by atoms with van der Waals surface area (Å²) in [6.07, 6.45) is 0.0479. The molecule has 0 aromatic heterocycles. The molecule has 2 atom stereocenters. The van der Waals surface area contributed by atoms with Crippen molar-refractivity contribution in [3.05, 3.63) is 0 Å². The van der Waals surface area contributed by atoms with E-state index in [0.29, 0.717) is 0 Å². The number of rotatable bonds is 5. The van der Waals surface area contributed by atoms with Crippen molar-refractivity contribution in [2.75, 3.05) is 0 Å². The summed E-state index contributed by atoms with van der Waals surface area (Å²) in [7, 11) is -2.60. The fourth-order valence-electron chi connectivity index (χ4n) is 1.45. The van der Waals surface area contributed by atoms with E-state index < -0.39 is 37.1 Å². The molecular formula is C14H25O6P. The van der Waals surface area contributed by atoms with Gasteiger partial charge in [-0.1, -0.05) is 0 Å². The van der Waals surface area contributed by atoms with Crippen molar-refractivity contribution in [3.63, 3.8) is 0 Å². The van der Waals surface area contributed by atoms with E-state index in [1.807, 2.05) is 0 Å². The van der Waals surface area contributed by atoms with Gasteiger partial charge in [0.25, 0.3) is 0 Å². The molecule has 6 nitrogen and oxygen atoms in total. The highest BCUT2D eigenvalue weighted by Gasteiger charge is 2.27. The SMILES string of the molecule is CC(C)(C)OC(=O)CCC(C=[P+]([O-])O)C(=O)OC(C)(C)C. The second kappa shape index (κ2) is 7.87. The lowest BCUT2D eigenvalue weighted by Gasteiger charge is -2.22. The smallest absolute Gasteiger partial charge is 0.317 e. The van der Waals surface area contributed by atoms with Crippen molar-refractivity contribution in [1.29, 1.82) is 0 Å². The molecule has 2 unspecified atom stereocenters. The van der Waals surface area contributed by atoms with Crippen LogP contribution < -0.4 is 4.89 Å². The summed E-state index contributed by atoms with van der Waals surface area (Å²) in [5.74, 6) is -1.00. The lowest BCUT2D eigenvalue weighted by atomic mass is 10.0. The number of carbonyl (C=O) groups excluding carboxylic acids is 2. The first-order valence-electron chi connectivity index (χ1n) is 6.75. The fraction of sp³-hybridized carbons (Fsp3) is 0.786. The van der Waals surface area contributed by atoms with Crippen molar-refractivity contribution in [1.82, 2.24) is 0 Å². The van der Waals surface area contributed by atoms with Gasteiger partial charge in [0, 0.05) is 6.42 Å². The molecule has 21 heavy (non-hydrogen) atoms. The zero-order valence-electron chi connectivity index (χ0n) is 13.5. The Morgan fingerprint density at radius 2 is 1.62 bits per heavy atom. The first-order valence-corrected chi connectivity index (χ1v) is 8.03. The lowest BCUT2D eigenvalue weighted by Crippen LogP contribution is -2.30. The van der Waals surface area contributed by atoms with Gasteiger partial charge in [-0.25, -0.2) is 0 Å². The van der Waals surface area contributed by atoms with E-state index in [9.17, 15) is 14.5 Å². The molecule has 0 aliphatic heterocycles. The first kappa shape index (κ1) is 20.0. The van der Waals surface area contributed by atoms with Crippen molar-refractivity contribution in [2.24, 2.45) is 5.92 Å². The number of hydrogen-bond acceptors (Lipinski definition) is 6. The third-order valence-electron chi connectivity index (χ3n) is 2.10. The molecular weight excluding hydrogens is 295 g/mol. The summed E-state index contributed by atoms with van der Waals surface area (Å²) in [6.45, 7) is 10.3. The number of carbonyl (C=O) groups is 2. The van der Waals surface area contributed by atoms with Gasteiger partial charge in [0.1, 0.15) is 22.9 Å². The maximum atomic E-state index is 11.9. The molecule has 0 aromatic rings. The quantitative estimate of drug-likeness (QED) is 0.609. The van der Waals surface area contributed by atoms with Crippen LogP contribution in [0, 0.1) is 5.92 Å². The molecule has 0 aromatic carbocycles. The molecule has 0 heterocycles. The zero-order valence-corrected chi connectivity index (χ0v) is 14.4. The summed E-state index contributed by atoms with van der Waals surface area (Å²) in [5.41, 5.74) is -1.31. The number of esters is 2. The normalized spacial score (nSPS) is 14.6. The summed E-state index contributed by atoms with van der Waals surface area (Å²) in [5, 5.41) is 0. The van der Waals surface area contributed by atoms with Crippen LogP contribution in [-0.4, -0.2) is 33.8 Å². The molecule has 0 fully saturated rings. The molecule has 1 N–H and O–H groups in total. The molecule has 0 aliphatic rings. The molecule has 0 saturated heterocycles. The second-order valence-corrected chi connectivity index (χ2v) is 7.62. The molecule has 0 saturated carbocycles. The molecule has 0 bridgehead atoms. The second-order valence-electron chi connectivity index (χ2n) is 6.72. The highest BCUT2D eigenvalue weighted by atomic mass is 31.1. The molecule has 0 rings (SSSR count). The topological polar surface area (TPSA) is 95.9 Å². The van der Waals surface area contributed by atoms with E-state index in [4.69, 9.17) is 14.4 Å². The predicted octanol–water partition coefficient (Wildman–Crippen LogP) is 1.53. The minimum atomic E-state index is -2.60. The first-order chi connectivity index (χ1) is 9.30. The van der Waals surface area contributed by atoms with Crippen LogP contribution in [0.25, 0.3) is 0 Å². The van der Waals surface area contributed by atoms with E-state index in [-0.39, 0.29) is 12.8 Å². The van der Waals surface area contributed by atoms with Crippen LogP contribution in [0.1, 0.15) is 54.4 Å². The molecule has 122 valence electrons. The summed E-state index contributed by atoms with van der Waals surface area (Å²) in [4.78, 5) is 43.5. The van der Waals surface area contributed by atoms with Crippen molar-refractivity contribution in [3.8, 4) is 0 Å². The predicted molar refractivity (Wildman–Crippen MR) is 79.6 cm³/mol. The van der Waals surface area contributed by atoms with Gasteiger partial charge in [-0.2, -0.15) is 4.89 Å². The third kappa shape index (κ3) is 11.4. The largest absolute Gasteiger partial charge is 0.603 e. The van der Waals surface area contributed by atoms with Crippen molar-refractivity contribution >= 4 is 25.7 Å². The van der Waals surface area contributed by atoms with Gasteiger partial charge in [0.05, 0.1) is 0 Å². The van der Waals surface area contributed by atoms with E-state index in [1.54, 1.807) is 41.5 Å². The summed E-state index contributed by atoms with van der Waals surface area (Å²) in [6, 6.07) is 0. The van der Waals surface area contributed by atoms with Crippen LogP contribution in [0.15, 0.2) is 0 Å². The van der Waals surface area contributed by atoms with Gasteiger partial charge in [-0.05, 0) is 48.0 Å². The Morgan fingerprint density at radius 1 is 1.14 bits per heavy atom. The highest BCUT2D eigenvalue weighted by molar-refractivity contribution is 7.43. The fourth-order valence-corrected chi connectivity index (χ4v) is 2.03. The Morgan fingerprint density at radius 3 is 2.00 bits per heavy atom. The Labute approximate surface area is 127 Å². The van der Waals surface area contributed by atoms with Gasteiger partial charge < -0.3 is 14.4 Å². The van der Waals surface area contributed by atoms with E-state index in [1.165, 1.54) is 0 Å². The van der Waals surface area contributed by atoms with Gasteiger partial charge in [-0.3, -0.25) is 9.59 Å². The summed E-state index contributed by atoms with van der Waals surface area (Å²) < 4.78 is 10.3. The average molecular weight is 320 g/mol. The van der Waals surface area contributed by atoms with Crippen LogP contribution in [0.4, 0.5) is 0 Å². The molecule has 0 radical (unpaired) electrons. The standard InChI is InChI=1S/C14H25O6P/c1-13(2,3)19-11(15)8-7-10(9-21(17)18)12(16)20-14(4,5)6/h9-10H,7-8H2,1-6H3,(H,17,18). The Kier molecular flexibility index (Phi) is 7.51. The van der Waals surface area contributed by atoms with Crippen molar-refractivity contribution in [2.45, 2.75) is 65.6 Å². The van der Waals surface area contributed by atoms with E-state index in [0.717, 1.165) is 5.80 Å². The maximum Gasteiger partial charge on any atom is 0.317 e. The van der Waals surface area contributed by atoms with E-state index in [2.05, 4.69) is 0 Å². The van der Waals surface area contributed by atoms with Crippen molar-refractivity contribution < 1.29 is 28.8 Å². The van der Waals surface area contributed by atoms with Gasteiger partial charge >= 0.3 is 11.9 Å². The molecule has 0 amide bonds. The monoisotopic (exact) mass is 320 g/mol. The minimum Gasteiger partial charge on any atom is -0.603 e. The molecule has 7 heteroatoms. The summed E-state index contributed by atoms with van der Waals surface area (Å²) >= 11 is 0. The minimum absolute atomic E-state index is 0.0269. The number of hydrogen-bond donors (Lipinski definition) is 1. The van der Waals surface area contributed by atoms with E-state index >= 15 is 0 Å². The Balaban J connectivity index is 4.69. The third-order valence-corrected chi connectivity index (χ3v) is 2.71. The molecule has 0 aliphatic carbocycles. The highest BCUT2D eigenvalue weighted by Crippen LogP contribution is 2.18. The average Bonchev–Trinajstić information content (AvgIpc) is 2.18. The number of ether oxygens (including phenoxy) is 2. The Hall–Kier alpha value is -0.970. The van der Waals surface area contributed by atoms with Crippen LogP contribution in [0.3, 0.4) is 0 Å². The van der Waals surface area contributed by atoms with Crippen LogP contribution in [0.2, 0.25) is 0 Å². The maximum absolute atomic E-state index is 11.9. The van der Waals surface area contributed by atoms with Gasteiger partial charge in [0.2, 0.25) is 8.00 Å². The molecule has 0 spiro atoms. The Bertz CT molecular complexity index is 399. The van der Waals surface area contributed by atoms with Crippen LogP contribution in [0.5, 0.6) is 0 Å².